The molecule has 1 atom stereocenters. The van der Waals surface area contributed by atoms with Crippen molar-refractivity contribution in [2.75, 3.05) is 7.11 Å². The molecule has 2 N–H and O–H groups in total. The summed E-state index contributed by atoms with van der Waals surface area (Å²) in [7, 11) is 1.56. The molecule has 1 amide bonds. The van der Waals surface area contributed by atoms with Crippen molar-refractivity contribution in [3.63, 3.8) is 0 Å². The molecule has 0 aliphatic rings. The van der Waals surface area contributed by atoms with Gasteiger partial charge in [0.1, 0.15) is 5.75 Å². The molecule has 0 heterocycles. The van der Waals surface area contributed by atoms with Gasteiger partial charge < -0.3 is 19.9 Å². The maximum absolute atomic E-state index is 12.5. The van der Waals surface area contributed by atoms with E-state index in [2.05, 4.69) is 5.32 Å². The topological polar surface area (TPSA) is 84.9 Å². The maximum Gasteiger partial charge on any atom is 0.333 e. The van der Waals surface area contributed by atoms with E-state index in [9.17, 15) is 14.7 Å². The van der Waals surface area contributed by atoms with Crippen molar-refractivity contribution >= 4 is 28.7 Å². The maximum atomic E-state index is 12.5. The SMILES string of the molecule is COc1ccc(CC(OC(C)C)C(=O)O)cc1CNC(=O)/C=C/c1cccc2ccccc12. The molecule has 33 heavy (non-hydrogen) atoms. The molecular formula is C27H29NO5. The van der Waals surface area contributed by atoms with E-state index in [1.807, 2.05) is 54.6 Å². The highest BCUT2D eigenvalue weighted by molar-refractivity contribution is 5.96. The molecule has 3 rings (SSSR count). The highest BCUT2D eigenvalue weighted by Gasteiger charge is 2.20. The fraction of sp³-hybridized carbons (Fsp3) is 0.259. The van der Waals surface area contributed by atoms with Crippen LogP contribution in [0.15, 0.2) is 66.7 Å². The predicted octanol–water partition coefficient (Wildman–Crippen LogP) is 4.60. The van der Waals surface area contributed by atoms with Gasteiger partial charge in [0, 0.05) is 24.6 Å². The summed E-state index contributed by atoms with van der Waals surface area (Å²) in [5.41, 5.74) is 2.52. The molecule has 6 heteroatoms. The fourth-order valence-electron chi connectivity index (χ4n) is 3.64. The molecule has 1 unspecified atom stereocenters. The van der Waals surface area contributed by atoms with Crippen molar-refractivity contribution in [1.82, 2.24) is 5.32 Å². The number of nitrogens with one attached hydrogen (secondary N) is 1. The zero-order valence-corrected chi connectivity index (χ0v) is 19.1. The minimum Gasteiger partial charge on any atom is -0.496 e. The van der Waals surface area contributed by atoms with E-state index in [-0.39, 0.29) is 25.0 Å². The standard InChI is InChI=1S/C27H29NO5/c1-18(2)33-25(27(30)31)16-19-11-13-24(32-3)22(15-19)17-28-26(29)14-12-21-9-6-8-20-7-4-5-10-23(20)21/h4-15,18,25H,16-17H2,1-3H3,(H,28,29)(H,30,31)/b14-12+. The number of benzene rings is 3. The molecule has 0 spiro atoms. The highest BCUT2D eigenvalue weighted by Crippen LogP contribution is 2.22. The first-order valence-electron chi connectivity index (χ1n) is 10.8. The third kappa shape index (κ3) is 6.67. The zero-order valence-electron chi connectivity index (χ0n) is 19.1. The first-order valence-corrected chi connectivity index (χ1v) is 10.8. The summed E-state index contributed by atoms with van der Waals surface area (Å²) in [4.78, 5) is 24.0. The van der Waals surface area contributed by atoms with Crippen LogP contribution in [0.2, 0.25) is 0 Å². The molecule has 0 radical (unpaired) electrons. The lowest BCUT2D eigenvalue weighted by atomic mass is 10.0. The van der Waals surface area contributed by atoms with Crippen LogP contribution in [0.4, 0.5) is 0 Å². The van der Waals surface area contributed by atoms with Gasteiger partial charge in [0.2, 0.25) is 5.91 Å². The van der Waals surface area contributed by atoms with Gasteiger partial charge in [-0.15, -0.1) is 0 Å². The van der Waals surface area contributed by atoms with Gasteiger partial charge in [0.05, 0.1) is 13.2 Å². The Balaban J connectivity index is 1.69. The number of amides is 1. The van der Waals surface area contributed by atoms with Crippen LogP contribution in [0, 0.1) is 0 Å². The minimum atomic E-state index is -1.01. The zero-order chi connectivity index (χ0) is 23.8. The summed E-state index contributed by atoms with van der Waals surface area (Å²) in [6, 6.07) is 19.4. The molecule has 0 saturated heterocycles. The van der Waals surface area contributed by atoms with Gasteiger partial charge >= 0.3 is 5.97 Å². The molecule has 0 bridgehead atoms. The molecule has 3 aromatic carbocycles. The van der Waals surface area contributed by atoms with Crippen LogP contribution in [0.3, 0.4) is 0 Å². The van der Waals surface area contributed by atoms with Crippen molar-refractivity contribution in [3.05, 3.63) is 83.4 Å². The molecule has 0 aliphatic carbocycles. The third-order valence-electron chi connectivity index (χ3n) is 5.17. The largest absolute Gasteiger partial charge is 0.496 e. The number of hydrogen-bond acceptors (Lipinski definition) is 4. The van der Waals surface area contributed by atoms with Gasteiger partial charge in [-0.1, -0.05) is 54.6 Å². The monoisotopic (exact) mass is 447 g/mol. The van der Waals surface area contributed by atoms with Crippen molar-refractivity contribution in [2.45, 2.75) is 39.0 Å². The van der Waals surface area contributed by atoms with Crippen LogP contribution >= 0.6 is 0 Å². The van der Waals surface area contributed by atoms with E-state index < -0.39 is 12.1 Å². The second-order valence-electron chi connectivity index (χ2n) is 7.98. The number of fused-ring (bicyclic) bond motifs is 1. The molecule has 0 saturated carbocycles. The molecule has 0 aromatic heterocycles. The first kappa shape index (κ1) is 24.0. The molecular weight excluding hydrogens is 418 g/mol. The van der Waals surface area contributed by atoms with Crippen LogP contribution in [0.5, 0.6) is 5.75 Å². The number of aliphatic carboxylic acids is 1. The van der Waals surface area contributed by atoms with Crippen LogP contribution in [-0.2, 0) is 27.3 Å². The summed E-state index contributed by atoms with van der Waals surface area (Å²) in [6.45, 7) is 3.85. The summed E-state index contributed by atoms with van der Waals surface area (Å²) < 4.78 is 10.9. The van der Waals surface area contributed by atoms with Crippen LogP contribution in [0.1, 0.15) is 30.5 Å². The highest BCUT2D eigenvalue weighted by atomic mass is 16.5. The number of methoxy groups -OCH3 is 1. The van der Waals surface area contributed by atoms with Gasteiger partial charge in [-0.3, -0.25) is 4.79 Å². The molecule has 0 fully saturated rings. The number of carboxylic acids is 1. The smallest absolute Gasteiger partial charge is 0.333 e. The molecule has 0 aliphatic heterocycles. The van der Waals surface area contributed by atoms with E-state index >= 15 is 0 Å². The van der Waals surface area contributed by atoms with Gasteiger partial charge in [0.15, 0.2) is 6.10 Å². The number of ether oxygens (including phenoxy) is 2. The molecule has 3 aromatic rings. The Morgan fingerprint density at radius 2 is 1.82 bits per heavy atom. The van der Waals surface area contributed by atoms with E-state index in [1.54, 1.807) is 33.1 Å². The van der Waals surface area contributed by atoms with Crippen molar-refractivity contribution in [2.24, 2.45) is 0 Å². The average molecular weight is 448 g/mol. The normalized spacial score (nSPS) is 12.2. The minimum absolute atomic E-state index is 0.198. The fourth-order valence-corrected chi connectivity index (χ4v) is 3.64. The molecule has 172 valence electrons. The molecule has 6 nitrogen and oxygen atoms in total. The second kappa shape index (κ2) is 11.3. The summed E-state index contributed by atoms with van der Waals surface area (Å²) in [5.74, 6) is -0.622. The number of rotatable bonds is 10. The quantitative estimate of drug-likeness (QED) is 0.444. The van der Waals surface area contributed by atoms with Crippen molar-refractivity contribution in [1.29, 1.82) is 0 Å². The third-order valence-corrected chi connectivity index (χ3v) is 5.17. The van der Waals surface area contributed by atoms with Crippen LogP contribution < -0.4 is 10.1 Å². The first-order chi connectivity index (χ1) is 15.9. The Kier molecular flexibility index (Phi) is 8.22. The lowest BCUT2D eigenvalue weighted by Gasteiger charge is -2.17. The van der Waals surface area contributed by atoms with Gasteiger partial charge in [-0.05, 0) is 47.9 Å². The Labute approximate surface area is 193 Å². The number of carbonyl (C=O) groups is 2. The number of carbonyl (C=O) groups excluding carboxylic acids is 1. The van der Waals surface area contributed by atoms with Gasteiger partial charge in [0.25, 0.3) is 0 Å². The second-order valence-corrected chi connectivity index (χ2v) is 7.98. The number of carboxylic acid groups (broad SMARTS) is 1. The average Bonchev–Trinajstić information content (AvgIpc) is 2.80. The predicted molar refractivity (Wildman–Crippen MR) is 129 cm³/mol. The summed E-state index contributed by atoms with van der Waals surface area (Å²) in [6.07, 6.45) is 2.39. The van der Waals surface area contributed by atoms with E-state index in [0.717, 1.165) is 27.5 Å². The summed E-state index contributed by atoms with van der Waals surface area (Å²) in [5, 5.41) is 14.5. The Morgan fingerprint density at radius 1 is 1.06 bits per heavy atom. The summed E-state index contributed by atoms with van der Waals surface area (Å²) >= 11 is 0. The lowest BCUT2D eigenvalue weighted by Crippen LogP contribution is -2.29. The van der Waals surface area contributed by atoms with Crippen molar-refractivity contribution in [3.8, 4) is 5.75 Å². The van der Waals surface area contributed by atoms with Crippen molar-refractivity contribution < 1.29 is 24.2 Å². The van der Waals surface area contributed by atoms with E-state index in [1.165, 1.54) is 6.08 Å². The Hall–Kier alpha value is -3.64. The van der Waals surface area contributed by atoms with Crippen LogP contribution in [-0.4, -0.2) is 36.3 Å². The number of hydrogen-bond donors (Lipinski definition) is 2. The van der Waals surface area contributed by atoms with E-state index in [0.29, 0.717) is 5.75 Å². The lowest BCUT2D eigenvalue weighted by molar-refractivity contribution is -0.153. The Bertz CT molecular complexity index is 1150. The van der Waals surface area contributed by atoms with Gasteiger partial charge in [-0.2, -0.15) is 0 Å². The van der Waals surface area contributed by atoms with Crippen LogP contribution in [0.25, 0.3) is 16.8 Å². The Morgan fingerprint density at radius 3 is 2.55 bits per heavy atom. The van der Waals surface area contributed by atoms with E-state index in [4.69, 9.17) is 9.47 Å². The van der Waals surface area contributed by atoms with Gasteiger partial charge in [-0.25, -0.2) is 4.79 Å².